The molecule has 0 radical (unpaired) electrons. The Balaban J connectivity index is 2.51. The highest BCUT2D eigenvalue weighted by atomic mass is 19.4. The first kappa shape index (κ1) is 15.3. The molecule has 1 unspecified atom stereocenters. The number of carbonyl (C=O) groups is 1. The molecule has 0 fully saturated rings. The molecule has 0 aliphatic rings. The van der Waals surface area contributed by atoms with Gasteiger partial charge in [-0.15, -0.1) is 13.2 Å². The van der Waals surface area contributed by atoms with Crippen LogP contribution in [0.15, 0.2) is 24.3 Å². The van der Waals surface area contributed by atoms with Crippen molar-refractivity contribution < 1.29 is 22.7 Å². The molecule has 1 rings (SSSR count). The molecular weight excluding hydrogens is 261 g/mol. The summed E-state index contributed by atoms with van der Waals surface area (Å²) in [6.45, 7) is 1.99. The van der Waals surface area contributed by atoms with Gasteiger partial charge in [0.2, 0.25) is 5.91 Å². The van der Waals surface area contributed by atoms with E-state index in [1.807, 2.05) is 0 Å². The highest BCUT2D eigenvalue weighted by Crippen LogP contribution is 2.22. The summed E-state index contributed by atoms with van der Waals surface area (Å²) in [7, 11) is 0. The van der Waals surface area contributed by atoms with E-state index >= 15 is 0 Å². The molecule has 0 aliphatic heterocycles. The van der Waals surface area contributed by atoms with E-state index in [2.05, 4.69) is 10.1 Å². The first-order chi connectivity index (χ1) is 8.81. The second-order valence-corrected chi connectivity index (χ2v) is 3.92. The van der Waals surface area contributed by atoms with Crippen LogP contribution in [0.4, 0.5) is 13.2 Å². The number of hydrogen-bond donors (Lipinski definition) is 2. The van der Waals surface area contributed by atoms with Crippen LogP contribution in [0.2, 0.25) is 0 Å². The molecule has 7 heteroatoms. The number of ether oxygens (including phenoxy) is 1. The Hall–Kier alpha value is -1.76. The molecule has 0 aliphatic carbocycles. The zero-order valence-corrected chi connectivity index (χ0v) is 10.3. The van der Waals surface area contributed by atoms with E-state index in [0.717, 1.165) is 0 Å². The van der Waals surface area contributed by atoms with Gasteiger partial charge in [-0.05, 0) is 24.1 Å². The maximum atomic E-state index is 11.9. The first-order valence-corrected chi connectivity index (χ1v) is 5.70. The van der Waals surface area contributed by atoms with Crippen LogP contribution in [0.3, 0.4) is 0 Å². The number of nitrogens with two attached hydrogens (primary N) is 1. The monoisotopic (exact) mass is 276 g/mol. The van der Waals surface area contributed by atoms with Crippen molar-refractivity contribution in [3.8, 4) is 5.75 Å². The topological polar surface area (TPSA) is 64.4 Å². The summed E-state index contributed by atoms with van der Waals surface area (Å²) in [6.07, 6.45) is -4.19. The number of rotatable bonds is 5. The molecule has 19 heavy (non-hydrogen) atoms. The van der Waals surface area contributed by atoms with E-state index in [0.29, 0.717) is 12.0 Å². The van der Waals surface area contributed by atoms with Gasteiger partial charge in [-0.25, -0.2) is 0 Å². The average molecular weight is 276 g/mol. The fourth-order valence-electron chi connectivity index (χ4n) is 1.31. The third kappa shape index (κ3) is 5.60. The molecular formula is C12H15F3N2O2. The van der Waals surface area contributed by atoms with E-state index in [9.17, 15) is 18.0 Å². The molecule has 3 N–H and O–H groups in total. The summed E-state index contributed by atoms with van der Waals surface area (Å²) in [5, 5.41) is 2.59. The third-order valence-electron chi connectivity index (χ3n) is 2.40. The molecule has 106 valence electrons. The fourth-order valence-corrected chi connectivity index (χ4v) is 1.31. The SMILES string of the molecule is CCC(N)C(=O)NCc1ccc(OC(F)(F)F)cc1. The van der Waals surface area contributed by atoms with Crippen LogP contribution in [0.5, 0.6) is 5.75 Å². The molecule has 0 aromatic heterocycles. The van der Waals surface area contributed by atoms with Crippen LogP contribution in [0.25, 0.3) is 0 Å². The number of benzene rings is 1. The Morgan fingerprint density at radius 1 is 1.37 bits per heavy atom. The summed E-state index contributed by atoms with van der Waals surface area (Å²) < 4.78 is 39.5. The minimum atomic E-state index is -4.70. The number of halogens is 3. The predicted molar refractivity (Wildman–Crippen MR) is 63.2 cm³/mol. The Morgan fingerprint density at radius 3 is 2.42 bits per heavy atom. The van der Waals surface area contributed by atoms with Gasteiger partial charge >= 0.3 is 6.36 Å². The molecule has 1 aromatic carbocycles. The smallest absolute Gasteiger partial charge is 0.406 e. The standard InChI is InChI=1S/C12H15F3N2O2/c1-2-10(16)11(18)17-7-8-3-5-9(6-4-8)19-12(13,14)15/h3-6,10H,2,7,16H2,1H3,(H,17,18). The van der Waals surface area contributed by atoms with Crippen LogP contribution in [0.1, 0.15) is 18.9 Å². The van der Waals surface area contributed by atoms with E-state index in [1.165, 1.54) is 24.3 Å². The summed E-state index contributed by atoms with van der Waals surface area (Å²) in [6, 6.07) is 4.69. The van der Waals surface area contributed by atoms with Crippen molar-refractivity contribution >= 4 is 5.91 Å². The van der Waals surface area contributed by atoms with Crippen LogP contribution in [0, 0.1) is 0 Å². The quantitative estimate of drug-likeness (QED) is 0.863. The first-order valence-electron chi connectivity index (χ1n) is 5.70. The Kier molecular flexibility index (Phi) is 5.17. The molecule has 1 aromatic rings. The Labute approximate surface area is 108 Å². The van der Waals surface area contributed by atoms with Gasteiger partial charge < -0.3 is 15.8 Å². The second-order valence-electron chi connectivity index (χ2n) is 3.92. The normalized spacial score (nSPS) is 12.9. The van der Waals surface area contributed by atoms with Gasteiger partial charge in [-0.2, -0.15) is 0 Å². The van der Waals surface area contributed by atoms with Crippen LogP contribution in [-0.2, 0) is 11.3 Å². The minimum absolute atomic E-state index is 0.207. The molecule has 0 spiro atoms. The number of carbonyl (C=O) groups excluding carboxylic acids is 1. The van der Waals surface area contributed by atoms with Gasteiger partial charge in [0.15, 0.2) is 0 Å². The van der Waals surface area contributed by atoms with Gasteiger partial charge in [0.05, 0.1) is 6.04 Å². The van der Waals surface area contributed by atoms with Gasteiger partial charge in [0.1, 0.15) is 5.75 Å². The second kappa shape index (κ2) is 6.42. The number of alkyl halides is 3. The number of amides is 1. The lowest BCUT2D eigenvalue weighted by molar-refractivity contribution is -0.274. The number of nitrogens with one attached hydrogen (secondary N) is 1. The lowest BCUT2D eigenvalue weighted by atomic mass is 10.2. The maximum absolute atomic E-state index is 11.9. The van der Waals surface area contributed by atoms with Gasteiger partial charge in [0, 0.05) is 6.54 Å². The van der Waals surface area contributed by atoms with Crippen molar-refractivity contribution in [3.63, 3.8) is 0 Å². The third-order valence-corrected chi connectivity index (χ3v) is 2.40. The zero-order valence-electron chi connectivity index (χ0n) is 10.3. The summed E-state index contributed by atoms with van der Waals surface area (Å²) in [5.74, 6) is -0.592. The van der Waals surface area contributed by atoms with Crippen molar-refractivity contribution in [2.75, 3.05) is 0 Å². The predicted octanol–water partition coefficient (Wildman–Crippen LogP) is 1.94. The van der Waals surface area contributed by atoms with E-state index < -0.39 is 12.4 Å². The average Bonchev–Trinajstić information content (AvgIpc) is 2.34. The zero-order chi connectivity index (χ0) is 14.5. The van der Waals surface area contributed by atoms with Gasteiger partial charge in [-0.1, -0.05) is 19.1 Å². The van der Waals surface area contributed by atoms with Crippen molar-refractivity contribution in [1.82, 2.24) is 5.32 Å². The highest BCUT2D eigenvalue weighted by Gasteiger charge is 2.30. The Bertz CT molecular complexity index is 418. The van der Waals surface area contributed by atoms with E-state index in [4.69, 9.17) is 5.73 Å². The van der Waals surface area contributed by atoms with E-state index in [-0.39, 0.29) is 18.2 Å². The fraction of sp³-hybridized carbons (Fsp3) is 0.417. The largest absolute Gasteiger partial charge is 0.573 e. The molecule has 1 amide bonds. The van der Waals surface area contributed by atoms with Crippen LogP contribution in [-0.4, -0.2) is 18.3 Å². The lowest BCUT2D eigenvalue weighted by Gasteiger charge is -2.11. The van der Waals surface area contributed by atoms with E-state index in [1.54, 1.807) is 6.92 Å². The maximum Gasteiger partial charge on any atom is 0.573 e. The Morgan fingerprint density at radius 2 is 1.95 bits per heavy atom. The molecule has 4 nitrogen and oxygen atoms in total. The van der Waals surface area contributed by atoms with Gasteiger partial charge in [-0.3, -0.25) is 4.79 Å². The highest BCUT2D eigenvalue weighted by molar-refractivity contribution is 5.81. The number of hydrogen-bond acceptors (Lipinski definition) is 3. The molecule has 0 heterocycles. The van der Waals surface area contributed by atoms with Crippen LogP contribution < -0.4 is 15.8 Å². The van der Waals surface area contributed by atoms with Crippen molar-refractivity contribution in [2.24, 2.45) is 5.73 Å². The van der Waals surface area contributed by atoms with Gasteiger partial charge in [0.25, 0.3) is 0 Å². The van der Waals surface area contributed by atoms with Crippen molar-refractivity contribution in [2.45, 2.75) is 32.3 Å². The molecule has 0 saturated heterocycles. The lowest BCUT2D eigenvalue weighted by Crippen LogP contribution is -2.39. The molecule has 0 saturated carbocycles. The molecule has 0 bridgehead atoms. The summed E-state index contributed by atoms with van der Waals surface area (Å²) in [4.78, 5) is 11.4. The minimum Gasteiger partial charge on any atom is -0.406 e. The summed E-state index contributed by atoms with van der Waals surface area (Å²) in [5.41, 5.74) is 6.18. The summed E-state index contributed by atoms with van der Waals surface area (Å²) >= 11 is 0. The van der Waals surface area contributed by atoms with Crippen molar-refractivity contribution in [1.29, 1.82) is 0 Å². The van der Waals surface area contributed by atoms with Crippen LogP contribution >= 0.6 is 0 Å². The van der Waals surface area contributed by atoms with Crippen molar-refractivity contribution in [3.05, 3.63) is 29.8 Å². The molecule has 1 atom stereocenters.